The molecule has 2 aromatic carbocycles. The summed E-state index contributed by atoms with van der Waals surface area (Å²) in [5.74, 6) is 1.16. The summed E-state index contributed by atoms with van der Waals surface area (Å²) in [6, 6.07) is 6.46. The molecule has 0 aliphatic carbocycles. The molecule has 3 aliphatic rings. The molecule has 11 nitrogen and oxygen atoms in total. The van der Waals surface area contributed by atoms with Crippen LogP contribution in [0, 0.1) is 0 Å². The largest absolute Gasteiger partial charge is 0.493 e. The summed E-state index contributed by atoms with van der Waals surface area (Å²) in [7, 11) is 6.53. The maximum absolute atomic E-state index is 13.2. The lowest BCUT2D eigenvalue weighted by Gasteiger charge is -2.39. The summed E-state index contributed by atoms with van der Waals surface area (Å²) >= 11 is 0. The first kappa shape index (κ1) is 25.8. The van der Waals surface area contributed by atoms with Gasteiger partial charge in [0.1, 0.15) is 18.3 Å². The number of carbonyl (C=O) groups excluding carboxylic acids is 2. The van der Waals surface area contributed by atoms with Gasteiger partial charge in [-0.1, -0.05) is 6.07 Å². The highest BCUT2D eigenvalue weighted by molar-refractivity contribution is 5.98. The number of carbonyl (C=O) groups is 2. The Morgan fingerprint density at radius 2 is 1.88 bits per heavy atom. The van der Waals surface area contributed by atoms with Crippen LogP contribution in [-0.4, -0.2) is 63.5 Å². The highest BCUT2D eigenvalue weighted by Crippen LogP contribution is 2.57. The van der Waals surface area contributed by atoms with Crippen molar-refractivity contribution in [2.24, 2.45) is 0 Å². The van der Waals surface area contributed by atoms with Crippen molar-refractivity contribution in [1.29, 1.82) is 0 Å². The number of ether oxygens (including phenoxy) is 7. The first-order valence-electron chi connectivity index (χ1n) is 12.7. The third kappa shape index (κ3) is 3.96. The van der Waals surface area contributed by atoms with Crippen molar-refractivity contribution >= 4 is 11.9 Å². The molecule has 4 heterocycles. The molecule has 6 rings (SSSR count). The van der Waals surface area contributed by atoms with Crippen molar-refractivity contribution in [1.82, 2.24) is 9.88 Å². The average molecular weight is 549 g/mol. The van der Waals surface area contributed by atoms with Gasteiger partial charge in [-0.15, -0.1) is 0 Å². The summed E-state index contributed by atoms with van der Waals surface area (Å²) in [6.45, 7) is 0.589. The Hall–Kier alpha value is -4.51. The molecule has 40 heavy (non-hydrogen) atoms. The minimum atomic E-state index is -0.675. The molecule has 208 valence electrons. The van der Waals surface area contributed by atoms with E-state index in [1.807, 2.05) is 13.1 Å². The Labute approximate surface area is 230 Å². The fourth-order valence-corrected chi connectivity index (χ4v) is 5.78. The monoisotopic (exact) mass is 548 g/mol. The van der Waals surface area contributed by atoms with Gasteiger partial charge >= 0.3 is 11.9 Å². The zero-order valence-electron chi connectivity index (χ0n) is 22.5. The Morgan fingerprint density at radius 1 is 1.07 bits per heavy atom. The normalized spacial score (nSPS) is 18.9. The summed E-state index contributed by atoms with van der Waals surface area (Å²) in [5, 5.41) is 0. The lowest BCUT2D eigenvalue weighted by atomic mass is 9.83. The molecule has 2 atom stereocenters. The van der Waals surface area contributed by atoms with E-state index >= 15 is 0 Å². The molecule has 3 aromatic rings. The van der Waals surface area contributed by atoms with E-state index in [-0.39, 0.29) is 13.4 Å². The fraction of sp³-hybridized carbons (Fsp3) is 0.345. The highest BCUT2D eigenvalue weighted by Gasteiger charge is 2.47. The van der Waals surface area contributed by atoms with E-state index in [1.165, 1.54) is 20.4 Å². The SMILES string of the molecule is COc1ccc2c(c1OC)C(=O)O[C@H]2[C@H]1c2c(c(COC(=O)c3cccnc3)c3c(c2OC)OCO3)CCN1C. The van der Waals surface area contributed by atoms with Crippen molar-refractivity contribution in [2.75, 3.05) is 41.7 Å². The second-order valence-corrected chi connectivity index (χ2v) is 9.55. The Balaban J connectivity index is 1.47. The van der Waals surface area contributed by atoms with Gasteiger partial charge in [-0.05, 0) is 37.2 Å². The summed E-state index contributed by atoms with van der Waals surface area (Å²) in [4.78, 5) is 32.1. The molecule has 0 N–H and O–H groups in total. The molecule has 0 spiro atoms. The van der Waals surface area contributed by atoms with Crippen LogP contribution in [0.5, 0.6) is 28.7 Å². The van der Waals surface area contributed by atoms with Crippen LogP contribution in [0.4, 0.5) is 0 Å². The zero-order chi connectivity index (χ0) is 28.0. The number of hydrogen-bond donors (Lipinski definition) is 0. The number of rotatable bonds is 7. The van der Waals surface area contributed by atoms with E-state index in [2.05, 4.69) is 9.88 Å². The van der Waals surface area contributed by atoms with Crippen LogP contribution < -0.4 is 23.7 Å². The molecule has 0 unspecified atom stereocenters. The second-order valence-electron chi connectivity index (χ2n) is 9.55. The molecule has 0 saturated carbocycles. The van der Waals surface area contributed by atoms with Crippen molar-refractivity contribution in [3.8, 4) is 28.7 Å². The summed E-state index contributed by atoms with van der Waals surface area (Å²) in [6.07, 6.45) is 2.99. The van der Waals surface area contributed by atoms with Crippen LogP contribution in [0.3, 0.4) is 0 Å². The number of methoxy groups -OCH3 is 3. The van der Waals surface area contributed by atoms with Gasteiger partial charge < -0.3 is 33.2 Å². The molecule has 3 aliphatic heterocycles. The van der Waals surface area contributed by atoms with Crippen molar-refractivity contribution in [3.05, 3.63) is 70.0 Å². The number of aromatic nitrogens is 1. The first-order chi connectivity index (χ1) is 19.5. The predicted octanol–water partition coefficient (Wildman–Crippen LogP) is 3.63. The number of nitrogens with zero attached hydrogens (tertiary/aromatic N) is 2. The summed E-state index contributed by atoms with van der Waals surface area (Å²) < 4.78 is 40.3. The van der Waals surface area contributed by atoms with Gasteiger partial charge in [-0.25, -0.2) is 9.59 Å². The lowest BCUT2D eigenvalue weighted by Crippen LogP contribution is -2.37. The smallest absolute Gasteiger partial charge is 0.343 e. The standard InChI is InChI=1S/C29H28N2O9/c1-31-11-9-16-18(13-37-28(32)15-6-5-10-30-12-15)24-27(39-14-38-24)26(36-4)20(16)22(31)23-17-7-8-19(34-2)25(35-3)21(17)29(33)40-23/h5-8,10,12,22-23H,9,11,13-14H2,1-4H3/t22-,23-/m1/s1. The predicted molar refractivity (Wildman–Crippen MR) is 139 cm³/mol. The Kier molecular flexibility index (Phi) is 6.59. The average Bonchev–Trinajstić information content (AvgIpc) is 3.60. The van der Waals surface area contributed by atoms with Crippen LogP contribution in [0.15, 0.2) is 36.7 Å². The number of hydrogen-bond acceptors (Lipinski definition) is 11. The van der Waals surface area contributed by atoms with Crippen LogP contribution in [0.2, 0.25) is 0 Å². The van der Waals surface area contributed by atoms with Gasteiger partial charge in [-0.2, -0.15) is 0 Å². The number of benzene rings is 2. The van der Waals surface area contributed by atoms with E-state index in [0.717, 1.165) is 11.1 Å². The molecular weight excluding hydrogens is 520 g/mol. The minimum Gasteiger partial charge on any atom is -0.493 e. The molecule has 0 bridgehead atoms. The third-order valence-corrected chi connectivity index (χ3v) is 7.57. The molecule has 11 heteroatoms. The van der Waals surface area contributed by atoms with Gasteiger partial charge in [0.25, 0.3) is 0 Å². The molecule has 0 fully saturated rings. The summed E-state index contributed by atoms with van der Waals surface area (Å²) in [5.41, 5.74) is 3.72. The van der Waals surface area contributed by atoms with E-state index in [4.69, 9.17) is 33.2 Å². The number of esters is 2. The van der Waals surface area contributed by atoms with Crippen molar-refractivity contribution in [3.63, 3.8) is 0 Å². The number of fused-ring (bicyclic) bond motifs is 3. The van der Waals surface area contributed by atoms with E-state index in [0.29, 0.717) is 64.0 Å². The quantitative estimate of drug-likeness (QED) is 0.403. The van der Waals surface area contributed by atoms with E-state index in [1.54, 1.807) is 31.5 Å². The molecule has 0 amide bonds. The van der Waals surface area contributed by atoms with Gasteiger partial charge in [0, 0.05) is 35.6 Å². The molecular formula is C29H28N2O9. The molecule has 1 aromatic heterocycles. The first-order valence-corrected chi connectivity index (χ1v) is 12.7. The Morgan fingerprint density at radius 3 is 2.60 bits per heavy atom. The van der Waals surface area contributed by atoms with E-state index < -0.39 is 24.1 Å². The van der Waals surface area contributed by atoms with Gasteiger partial charge in [0.15, 0.2) is 23.0 Å². The van der Waals surface area contributed by atoms with E-state index in [9.17, 15) is 9.59 Å². The number of pyridine rings is 1. The zero-order valence-corrected chi connectivity index (χ0v) is 22.5. The highest BCUT2D eigenvalue weighted by atomic mass is 16.7. The third-order valence-electron chi connectivity index (χ3n) is 7.57. The van der Waals surface area contributed by atoms with Crippen LogP contribution in [-0.2, 0) is 22.5 Å². The molecule has 0 radical (unpaired) electrons. The lowest BCUT2D eigenvalue weighted by molar-refractivity contribution is 0.00846. The maximum Gasteiger partial charge on any atom is 0.343 e. The molecule has 0 saturated heterocycles. The van der Waals surface area contributed by atoms with Gasteiger partial charge in [0.2, 0.25) is 12.5 Å². The van der Waals surface area contributed by atoms with Gasteiger partial charge in [0.05, 0.1) is 32.9 Å². The van der Waals surface area contributed by atoms with Crippen LogP contribution in [0.1, 0.15) is 55.1 Å². The fourth-order valence-electron chi connectivity index (χ4n) is 5.78. The van der Waals surface area contributed by atoms with Crippen molar-refractivity contribution in [2.45, 2.75) is 25.2 Å². The minimum absolute atomic E-state index is 0.00309. The Bertz CT molecular complexity index is 1490. The second kappa shape index (κ2) is 10.2. The number of likely N-dealkylation sites (N-methyl/N-ethyl adjacent to an activating group) is 1. The van der Waals surface area contributed by atoms with Crippen LogP contribution >= 0.6 is 0 Å². The topological polar surface area (TPSA) is 115 Å². The van der Waals surface area contributed by atoms with Gasteiger partial charge in [-0.3, -0.25) is 9.88 Å². The maximum atomic E-state index is 13.2. The van der Waals surface area contributed by atoms with Crippen LogP contribution in [0.25, 0.3) is 0 Å². The number of cyclic esters (lactones) is 1. The van der Waals surface area contributed by atoms with Crippen molar-refractivity contribution < 1.29 is 42.7 Å².